The zero-order valence-corrected chi connectivity index (χ0v) is 12.2. The number of ether oxygens (including phenoxy) is 1. The number of nitrogens with one attached hydrogen (secondary N) is 2. The van der Waals surface area contributed by atoms with E-state index in [0.717, 1.165) is 18.4 Å². The summed E-state index contributed by atoms with van der Waals surface area (Å²) in [6.45, 7) is 3.63. The fraction of sp³-hybridized carbons (Fsp3) is 0.462. The number of nitrogens with zero attached hydrogens (tertiary/aromatic N) is 2. The van der Waals surface area contributed by atoms with Crippen LogP contribution in [0, 0.1) is 13.8 Å². The number of fused-ring (bicyclic) bond motifs is 1. The zero-order chi connectivity index (χ0) is 16.5. The quantitative estimate of drug-likeness (QED) is 0.908. The number of alkyl halides is 3. The molecular weight excluding hydrogens is 301 g/mol. The van der Waals surface area contributed by atoms with Gasteiger partial charge in [0.05, 0.1) is 11.8 Å². The van der Waals surface area contributed by atoms with Crippen LogP contribution in [0.3, 0.4) is 0 Å². The number of carbonyl (C=O) groups is 1. The number of aromatic amines is 1. The monoisotopic (exact) mass is 316 g/mol. The predicted octanol–water partition coefficient (Wildman–Crippen LogP) is 2.48. The van der Waals surface area contributed by atoms with Crippen molar-refractivity contribution in [2.45, 2.75) is 32.5 Å². The number of anilines is 1. The molecule has 9 heteroatoms. The molecule has 0 saturated heterocycles. The molecule has 0 radical (unpaired) electrons. The van der Waals surface area contributed by atoms with Crippen LogP contribution in [-0.2, 0) is 9.53 Å². The van der Waals surface area contributed by atoms with Gasteiger partial charge in [-0.05, 0) is 19.4 Å². The molecule has 2 heterocycles. The van der Waals surface area contributed by atoms with Gasteiger partial charge in [0, 0.05) is 12.8 Å². The number of aromatic nitrogens is 3. The highest BCUT2D eigenvalue weighted by Crippen LogP contribution is 2.27. The number of amides is 1. The smallest absolute Gasteiger partial charge is 0.371 e. The maximum absolute atomic E-state index is 12.6. The fourth-order valence-corrected chi connectivity index (χ4v) is 2.07. The van der Waals surface area contributed by atoms with E-state index >= 15 is 0 Å². The predicted molar refractivity (Wildman–Crippen MR) is 73.5 cm³/mol. The summed E-state index contributed by atoms with van der Waals surface area (Å²) in [7, 11) is 0.911. The van der Waals surface area contributed by atoms with Crippen LogP contribution in [0.2, 0.25) is 0 Å². The third-order valence-corrected chi connectivity index (χ3v) is 3.37. The Hall–Kier alpha value is -2.16. The Morgan fingerprint density at radius 2 is 2.09 bits per heavy atom. The van der Waals surface area contributed by atoms with E-state index in [1.54, 1.807) is 6.92 Å². The maximum Gasteiger partial charge on any atom is 0.415 e. The highest BCUT2D eigenvalue weighted by atomic mass is 19.4. The Labute approximate surface area is 124 Å². The molecule has 0 aliphatic rings. The van der Waals surface area contributed by atoms with Crippen LogP contribution in [0.15, 0.2) is 6.33 Å². The van der Waals surface area contributed by atoms with Crippen molar-refractivity contribution in [3.63, 3.8) is 0 Å². The van der Waals surface area contributed by atoms with Crippen LogP contribution in [0.25, 0.3) is 11.0 Å². The molecule has 0 aliphatic heterocycles. The molecule has 1 atom stereocenters. The summed E-state index contributed by atoms with van der Waals surface area (Å²) in [4.78, 5) is 22.8. The van der Waals surface area contributed by atoms with Crippen LogP contribution in [0.4, 0.5) is 19.0 Å². The zero-order valence-electron chi connectivity index (χ0n) is 12.2. The molecule has 120 valence electrons. The summed E-state index contributed by atoms with van der Waals surface area (Å²) in [5.41, 5.74) is 2.18. The first-order valence-electron chi connectivity index (χ1n) is 6.43. The number of halogens is 3. The summed E-state index contributed by atoms with van der Waals surface area (Å²) >= 11 is 0. The summed E-state index contributed by atoms with van der Waals surface area (Å²) in [6, 6.07) is 0. The maximum atomic E-state index is 12.6. The Morgan fingerprint density at radius 3 is 2.68 bits per heavy atom. The molecule has 2 aromatic heterocycles. The molecule has 2 aromatic rings. The standard InChI is InChI=1S/C13H15F3N4O2/c1-6-7(2)19-11-10(6)12(18-5-17-11)20-9(21)4-8(22-3)13(14,15)16/h5,8H,4H2,1-3H3,(H2,17,18,19,20,21). The Bertz CT molecular complexity index is 696. The normalized spacial score (nSPS) is 13.4. The van der Waals surface area contributed by atoms with Gasteiger partial charge in [-0.1, -0.05) is 0 Å². The van der Waals surface area contributed by atoms with Crippen molar-refractivity contribution in [3.8, 4) is 0 Å². The lowest BCUT2D eigenvalue weighted by Gasteiger charge is -2.18. The van der Waals surface area contributed by atoms with Crippen molar-refractivity contribution < 1.29 is 22.7 Å². The second-order valence-electron chi connectivity index (χ2n) is 4.84. The molecule has 0 aliphatic carbocycles. The number of H-pyrrole nitrogens is 1. The molecule has 2 N–H and O–H groups in total. The lowest BCUT2D eigenvalue weighted by Crippen LogP contribution is -2.34. The number of aryl methyl sites for hydroxylation is 2. The number of hydrogen-bond acceptors (Lipinski definition) is 4. The summed E-state index contributed by atoms with van der Waals surface area (Å²) in [5, 5.41) is 2.96. The molecule has 0 bridgehead atoms. The molecule has 22 heavy (non-hydrogen) atoms. The summed E-state index contributed by atoms with van der Waals surface area (Å²) in [5.74, 6) is -0.656. The van der Waals surface area contributed by atoms with Crippen LogP contribution < -0.4 is 5.32 Å². The fourth-order valence-electron chi connectivity index (χ4n) is 2.07. The van der Waals surface area contributed by atoms with Gasteiger partial charge in [0.25, 0.3) is 0 Å². The van der Waals surface area contributed by atoms with Gasteiger partial charge >= 0.3 is 6.18 Å². The van der Waals surface area contributed by atoms with Crippen LogP contribution in [0.5, 0.6) is 0 Å². The van der Waals surface area contributed by atoms with Crippen molar-refractivity contribution >= 4 is 22.8 Å². The average molecular weight is 316 g/mol. The molecule has 1 unspecified atom stereocenters. The van der Waals surface area contributed by atoms with E-state index in [1.165, 1.54) is 6.33 Å². The second-order valence-corrected chi connectivity index (χ2v) is 4.84. The van der Waals surface area contributed by atoms with Gasteiger partial charge in [-0.3, -0.25) is 4.79 Å². The molecule has 6 nitrogen and oxygen atoms in total. The largest absolute Gasteiger partial charge is 0.415 e. The van der Waals surface area contributed by atoms with Crippen LogP contribution in [-0.4, -0.2) is 40.2 Å². The van der Waals surface area contributed by atoms with Gasteiger partial charge in [-0.15, -0.1) is 0 Å². The Morgan fingerprint density at radius 1 is 1.41 bits per heavy atom. The van der Waals surface area contributed by atoms with Crippen molar-refractivity contribution in [1.82, 2.24) is 15.0 Å². The minimum atomic E-state index is -4.60. The van der Waals surface area contributed by atoms with E-state index < -0.39 is 24.6 Å². The van der Waals surface area contributed by atoms with Gasteiger partial charge in [-0.25, -0.2) is 9.97 Å². The minimum Gasteiger partial charge on any atom is -0.371 e. The van der Waals surface area contributed by atoms with Crippen molar-refractivity contribution in [2.75, 3.05) is 12.4 Å². The average Bonchev–Trinajstić information content (AvgIpc) is 2.71. The highest BCUT2D eigenvalue weighted by Gasteiger charge is 2.41. The molecule has 0 fully saturated rings. The van der Waals surface area contributed by atoms with Gasteiger partial charge in [0.1, 0.15) is 17.8 Å². The van der Waals surface area contributed by atoms with E-state index in [9.17, 15) is 18.0 Å². The lowest BCUT2D eigenvalue weighted by molar-refractivity contribution is -0.213. The number of rotatable bonds is 4. The van der Waals surface area contributed by atoms with Gasteiger partial charge in [0.2, 0.25) is 5.91 Å². The third kappa shape index (κ3) is 3.19. The Kier molecular flexibility index (Phi) is 4.36. The van der Waals surface area contributed by atoms with E-state index in [-0.39, 0.29) is 5.82 Å². The topological polar surface area (TPSA) is 79.9 Å². The van der Waals surface area contributed by atoms with Crippen molar-refractivity contribution in [2.24, 2.45) is 0 Å². The summed E-state index contributed by atoms with van der Waals surface area (Å²) in [6.07, 6.45) is -6.37. The molecule has 2 rings (SSSR count). The van der Waals surface area contributed by atoms with Crippen LogP contribution in [0.1, 0.15) is 17.7 Å². The first-order chi connectivity index (χ1) is 10.2. The van der Waals surface area contributed by atoms with Gasteiger partial charge < -0.3 is 15.0 Å². The number of methoxy groups -OCH3 is 1. The third-order valence-electron chi connectivity index (χ3n) is 3.37. The van der Waals surface area contributed by atoms with E-state index in [4.69, 9.17) is 0 Å². The molecule has 0 aromatic carbocycles. The molecule has 0 spiro atoms. The second kappa shape index (κ2) is 5.91. The number of carbonyl (C=O) groups excluding carboxylic acids is 1. The first kappa shape index (κ1) is 16.2. The molecule has 0 saturated carbocycles. The van der Waals surface area contributed by atoms with Gasteiger partial charge in [-0.2, -0.15) is 13.2 Å². The van der Waals surface area contributed by atoms with E-state index in [0.29, 0.717) is 11.0 Å². The van der Waals surface area contributed by atoms with Gasteiger partial charge in [0.15, 0.2) is 6.10 Å². The minimum absolute atomic E-state index is 0.175. The first-order valence-corrected chi connectivity index (χ1v) is 6.43. The molecule has 1 amide bonds. The highest BCUT2D eigenvalue weighted by molar-refractivity contribution is 6.00. The lowest BCUT2D eigenvalue weighted by atomic mass is 10.2. The Balaban J connectivity index is 2.22. The SMILES string of the molecule is COC(CC(=O)Nc1ncnc2[nH]c(C)c(C)c12)C(F)(F)F. The van der Waals surface area contributed by atoms with Crippen molar-refractivity contribution in [3.05, 3.63) is 17.6 Å². The number of hydrogen-bond donors (Lipinski definition) is 2. The van der Waals surface area contributed by atoms with Crippen molar-refractivity contribution in [1.29, 1.82) is 0 Å². The summed E-state index contributed by atoms with van der Waals surface area (Å²) < 4.78 is 42.1. The molecular formula is C13H15F3N4O2. The van der Waals surface area contributed by atoms with Crippen LogP contribution >= 0.6 is 0 Å². The van der Waals surface area contributed by atoms with E-state index in [1.807, 2.05) is 6.92 Å². The van der Waals surface area contributed by atoms with E-state index in [2.05, 4.69) is 25.0 Å².